The molecule has 1 amide bonds. The Morgan fingerprint density at radius 3 is 2.39 bits per heavy atom. The van der Waals surface area contributed by atoms with Crippen molar-refractivity contribution in [1.29, 1.82) is 0 Å². The molecular weight excluding hydrogens is 226 g/mol. The first-order valence-corrected chi connectivity index (χ1v) is 7.19. The van der Waals surface area contributed by atoms with Crippen molar-refractivity contribution in [1.82, 2.24) is 9.80 Å². The van der Waals surface area contributed by atoms with Crippen LogP contribution in [0.1, 0.15) is 46.0 Å². The van der Waals surface area contributed by atoms with E-state index < -0.39 is 0 Å². The van der Waals surface area contributed by atoms with Gasteiger partial charge in [0.05, 0.1) is 0 Å². The maximum absolute atomic E-state index is 11.7. The van der Waals surface area contributed by atoms with Crippen LogP contribution in [0.2, 0.25) is 0 Å². The lowest BCUT2D eigenvalue weighted by atomic mass is 10.1. The third kappa shape index (κ3) is 8.48. The number of carbonyl (C=O) groups excluding carboxylic acids is 1. The SMILES string of the molecule is CCCCC(=O)N(C)CCN(C)CCC(N)CC. The molecule has 0 saturated heterocycles. The maximum atomic E-state index is 11.7. The summed E-state index contributed by atoms with van der Waals surface area (Å²) in [6.45, 7) is 6.96. The van der Waals surface area contributed by atoms with Gasteiger partial charge in [-0.25, -0.2) is 0 Å². The zero-order chi connectivity index (χ0) is 14.0. The third-order valence-corrected chi connectivity index (χ3v) is 3.39. The Labute approximate surface area is 113 Å². The molecule has 18 heavy (non-hydrogen) atoms. The van der Waals surface area contributed by atoms with E-state index in [9.17, 15) is 4.79 Å². The standard InChI is InChI=1S/C14H31N3O/c1-5-7-8-14(18)17(4)12-11-16(3)10-9-13(15)6-2/h13H,5-12,15H2,1-4H3. The van der Waals surface area contributed by atoms with Gasteiger partial charge in [0.15, 0.2) is 0 Å². The molecule has 0 aliphatic carbocycles. The van der Waals surface area contributed by atoms with Gasteiger partial charge in [-0.15, -0.1) is 0 Å². The highest BCUT2D eigenvalue weighted by atomic mass is 16.2. The molecule has 0 aromatic heterocycles. The van der Waals surface area contributed by atoms with Gasteiger partial charge < -0.3 is 15.5 Å². The summed E-state index contributed by atoms with van der Waals surface area (Å²) < 4.78 is 0. The fourth-order valence-corrected chi connectivity index (χ4v) is 1.67. The van der Waals surface area contributed by atoms with Crippen LogP contribution >= 0.6 is 0 Å². The van der Waals surface area contributed by atoms with Gasteiger partial charge in [0.25, 0.3) is 0 Å². The fourth-order valence-electron chi connectivity index (χ4n) is 1.67. The second-order valence-electron chi connectivity index (χ2n) is 5.18. The van der Waals surface area contributed by atoms with Crippen molar-refractivity contribution in [3.8, 4) is 0 Å². The average molecular weight is 257 g/mol. The zero-order valence-corrected chi connectivity index (χ0v) is 12.6. The molecular formula is C14H31N3O. The molecule has 0 aromatic rings. The lowest BCUT2D eigenvalue weighted by molar-refractivity contribution is -0.130. The quantitative estimate of drug-likeness (QED) is 0.648. The lowest BCUT2D eigenvalue weighted by Crippen LogP contribution is -2.36. The molecule has 0 aliphatic rings. The zero-order valence-electron chi connectivity index (χ0n) is 12.6. The average Bonchev–Trinajstić information content (AvgIpc) is 2.38. The number of likely N-dealkylation sites (N-methyl/N-ethyl adjacent to an activating group) is 2. The van der Waals surface area contributed by atoms with E-state index in [1.807, 2.05) is 11.9 Å². The predicted octanol–water partition coefficient (Wildman–Crippen LogP) is 1.69. The van der Waals surface area contributed by atoms with Crippen molar-refractivity contribution in [3.63, 3.8) is 0 Å². The first-order chi connectivity index (χ1) is 8.51. The number of nitrogens with zero attached hydrogens (tertiary/aromatic N) is 2. The van der Waals surface area contributed by atoms with Gasteiger partial charge in [-0.3, -0.25) is 4.79 Å². The van der Waals surface area contributed by atoms with Gasteiger partial charge >= 0.3 is 0 Å². The van der Waals surface area contributed by atoms with E-state index in [1.54, 1.807) is 0 Å². The molecule has 0 aliphatic heterocycles. The maximum Gasteiger partial charge on any atom is 0.222 e. The van der Waals surface area contributed by atoms with Crippen molar-refractivity contribution in [2.45, 2.75) is 52.0 Å². The van der Waals surface area contributed by atoms with Crippen LogP contribution < -0.4 is 5.73 Å². The molecule has 4 nitrogen and oxygen atoms in total. The molecule has 0 fully saturated rings. The number of amides is 1. The molecule has 0 aromatic carbocycles. The molecule has 0 bridgehead atoms. The van der Waals surface area contributed by atoms with Crippen LogP contribution in [-0.4, -0.2) is 55.5 Å². The molecule has 0 radical (unpaired) electrons. The Morgan fingerprint density at radius 2 is 1.83 bits per heavy atom. The van der Waals surface area contributed by atoms with Crippen LogP contribution in [0.25, 0.3) is 0 Å². The Morgan fingerprint density at radius 1 is 1.17 bits per heavy atom. The monoisotopic (exact) mass is 257 g/mol. The molecule has 0 spiro atoms. The van der Waals surface area contributed by atoms with E-state index >= 15 is 0 Å². The Bertz CT molecular complexity index is 221. The number of hydrogen-bond acceptors (Lipinski definition) is 3. The summed E-state index contributed by atoms with van der Waals surface area (Å²) in [7, 11) is 3.98. The molecule has 1 unspecified atom stereocenters. The number of hydrogen-bond donors (Lipinski definition) is 1. The topological polar surface area (TPSA) is 49.6 Å². The van der Waals surface area contributed by atoms with E-state index in [1.165, 1.54) is 0 Å². The summed E-state index contributed by atoms with van der Waals surface area (Å²) in [6, 6.07) is 0.302. The van der Waals surface area contributed by atoms with E-state index in [-0.39, 0.29) is 5.91 Å². The van der Waals surface area contributed by atoms with Crippen LogP contribution in [0.5, 0.6) is 0 Å². The highest BCUT2D eigenvalue weighted by Gasteiger charge is 2.09. The van der Waals surface area contributed by atoms with Gasteiger partial charge in [-0.2, -0.15) is 0 Å². The molecule has 1 atom stereocenters. The van der Waals surface area contributed by atoms with Gasteiger partial charge in [-0.05, 0) is 32.9 Å². The summed E-state index contributed by atoms with van der Waals surface area (Å²) in [4.78, 5) is 15.8. The normalized spacial score (nSPS) is 12.8. The fraction of sp³-hybridized carbons (Fsp3) is 0.929. The number of carbonyl (C=O) groups is 1. The molecule has 0 rings (SSSR count). The van der Waals surface area contributed by atoms with Crippen LogP contribution in [0.4, 0.5) is 0 Å². The second-order valence-corrected chi connectivity index (χ2v) is 5.18. The molecule has 108 valence electrons. The molecule has 2 N–H and O–H groups in total. The van der Waals surface area contributed by atoms with Crippen molar-refractivity contribution >= 4 is 5.91 Å². The smallest absolute Gasteiger partial charge is 0.222 e. The van der Waals surface area contributed by atoms with E-state index in [2.05, 4.69) is 25.8 Å². The van der Waals surface area contributed by atoms with E-state index in [4.69, 9.17) is 5.73 Å². The third-order valence-electron chi connectivity index (χ3n) is 3.39. The highest BCUT2D eigenvalue weighted by molar-refractivity contribution is 5.75. The van der Waals surface area contributed by atoms with Crippen LogP contribution in [0, 0.1) is 0 Å². The van der Waals surface area contributed by atoms with Crippen LogP contribution in [-0.2, 0) is 4.79 Å². The highest BCUT2D eigenvalue weighted by Crippen LogP contribution is 2.00. The summed E-state index contributed by atoms with van der Waals surface area (Å²) >= 11 is 0. The van der Waals surface area contributed by atoms with Gasteiger partial charge in [0, 0.05) is 32.6 Å². The van der Waals surface area contributed by atoms with Crippen LogP contribution in [0.3, 0.4) is 0 Å². The lowest BCUT2D eigenvalue weighted by Gasteiger charge is -2.23. The van der Waals surface area contributed by atoms with Crippen molar-refractivity contribution < 1.29 is 4.79 Å². The second kappa shape index (κ2) is 10.3. The minimum absolute atomic E-state index is 0.260. The summed E-state index contributed by atoms with van der Waals surface area (Å²) in [5.74, 6) is 0.260. The molecule has 0 saturated carbocycles. The van der Waals surface area contributed by atoms with Gasteiger partial charge in [0.2, 0.25) is 5.91 Å². The number of nitrogens with two attached hydrogens (primary N) is 1. The summed E-state index contributed by atoms with van der Waals surface area (Å²) in [6.07, 6.45) is 4.81. The molecule has 0 heterocycles. The Hall–Kier alpha value is -0.610. The van der Waals surface area contributed by atoms with Crippen molar-refractivity contribution in [2.75, 3.05) is 33.7 Å². The first-order valence-electron chi connectivity index (χ1n) is 7.19. The van der Waals surface area contributed by atoms with Gasteiger partial charge in [-0.1, -0.05) is 20.3 Å². The van der Waals surface area contributed by atoms with Crippen molar-refractivity contribution in [2.24, 2.45) is 5.73 Å². The number of unbranched alkanes of at least 4 members (excludes halogenated alkanes) is 1. The van der Waals surface area contributed by atoms with E-state index in [0.717, 1.165) is 45.3 Å². The first kappa shape index (κ1) is 17.4. The minimum Gasteiger partial charge on any atom is -0.344 e. The Balaban J connectivity index is 3.70. The summed E-state index contributed by atoms with van der Waals surface area (Å²) in [5.41, 5.74) is 5.89. The summed E-state index contributed by atoms with van der Waals surface area (Å²) in [5, 5.41) is 0. The van der Waals surface area contributed by atoms with Crippen molar-refractivity contribution in [3.05, 3.63) is 0 Å². The molecule has 4 heteroatoms. The van der Waals surface area contributed by atoms with Gasteiger partial charge in [0.1, 0.15) is 0 Å². The minimum atomic E-state index is 0.260. The van der Waals surface area contributed by atoms with E-state index in [0.29, 0.717) is 12.5 Å². The van der Waals surface area contributed by atoms with Crippen LogP contribution in [0.15, 0.2) is 0 Å². The number of rotatable bonds is 10. The predicted molar refractivity (Wildman–Crippen MR) is 77.5 cm³/mol. The Kier molecular flexibility index (Phi) is 9.98. The largest absolute Gasteiger partial charge is 0.344 e.